The normalized spacial score (nSPS) is 11.3. The fraction of sp³-hybridized carbons (Fsp3) is 0.250. The summed E-state index contributed by atoms with van der Waals surface area (Å²) in [5.74, 6) is 0.598. The Labute approximate surface area is 80.7 Å². The number of rotatable bonds is 2. The van der Waals surface area contributed by atoms with Crippen molar-refractivity contribution >= 4 is 23.2 Å². The van der Waals surface area contributed by atoms with E-state index < -0.39 is 0 Å². The Morgan fingerprint density at radius 2 is 2.29 bits per heavy atom. The van der Waals surface area contributed by atoms with Gasteiger partial charge in [-0.05, 0) is 0 Å². The maximum Gasteiger partial charge on any atom is 0.182 e. The largest absolute Gasteiger partial charge is 0.369 e. The van der Waals surface area contributed by atoms with Crippen LogP contribution in [0.4, 0.5) is 5.82 Å². The van der Waals surface area contributed by atoms with Gasteiger partial charge in [-0.3, -0.25) is 5.10 Å². The molecule has 1 N–H and O–H groups in total. The lowest BCUT2D eigenvalue weighted by molar-refractivity contribution is 0.643. The van der Waals surface area contributed by atoms with E-state index in [1.54, 1.807) is 12.5 Å². The van der Waals surface area contributed by atoms with Crippen molar-refractivity contribution < 1.29 is 0 Å². The number of nitrogens with zero attached hydrogens (tertiary/aromatic N) is 5. The first-order valence-electron chi connectivity index (χ1n) is 4.12. The SMILES string of the molecule is CN(C)/C=N/c1ncnc2cn[nH]c12. The molecule has 2 heterocycles. The third-order valence-electron chi connectivity index (χ3n) is 1.63. The van der Waals surface area contributed by atoms with E-state index in [2.05, 4.69) is 25.2 Å². The zero-order valence-corrected chi connectivity index (χ0v) is 7.97. The Hall–Kier alpha value is -1.98. The van der Waals surface area contributed by atoms with Gasteiger partial charge in [0.2, 0.25) is 0 Å². The smallest absolute Gasteiger partial charge is 0.182 e. The maximum atomic E-state index is 4.18. The number of fused-ring (bicyclic) bond motifs is 1. The molecule has 0 amide bonds. The molecule has 0 atom stereocenters. The summed E-state index contributed by atoms with van der Waals surface area (Å²) in [6.07, 6.45) is 4.80. The van der Waals surface area contributed by atoms with Crippen LogP contribution >= 0.6 is 0 Å². The van der Waals surface area contributed by atoms with Gasteiger partial charge < -0.3 is 4.90 Å². The number of aromatic amines is 1. The van der Waals surface area contributed by atoms with Crippen molar-refractivity contribution in [2.75, 3.05) is 14.1 Å². The molecule has 2 aromatic heterocycles. The molecule has 0 bridgehead atoms. The number of aromatic nitrogens is 4. The van der Waals surface area contributed by atoms with Crippen molar-refractivity contribution in [2.24, 2.45) is 4.99 Å². The van der Waals surface area contributed by atoms with Gasteiger partial charge in [-0.15, -0.1) is 0 Å². The zero-order chi connectivity index (χ0) is 9.97. The minimum Gasteiger partial charge on any atom is -0.369 e. The molecule has 2 rings (SSSR count). The monoisotopic (exact) mass is 190 g/mol. The van der Waals surface area contributed by atoms with E-state index in [1.165, 1.54) is 6.33 Å². The van der Waals surface area contributed by atoms with E-state index in [9.17, 15) is 0 Å². The number of hydrogen-bond acceptors (Lipinski definition) is 4. The number of nitrogens with one attached hydrogen (secondary N) is 1. The van der Waals surface area contributed by atoms with Crippen LogP contribution in [0.3, 0.4) is 0 Å². The number of aliphatic imine (C=N–C) groups is 1. The highest BCUT2D eigenvalue weighted by Gasteiger charge is 2.02. The number of H-pyrrole nitrogens is 1. The molecular weight excluding hydrogens is 180 g/mol. The molecule has 0 aliphatic rings. The quantitative estimate of drug-likeness (QED) is 0.555. The van der Waals surface area contributed by atoms with Crippen LogP contribution in [0.2, 0.25) is 0 Å². The molecule has 0 spiro atoms. The van der Waals surface area contributed by atoms with Gasteiger partial charge >= 0.3 is 0 Å². The van der Waals surface area contributed by atoms with Gasteiger partial charge in [0.15, 0.2) is 5.82 Å². The number of hydrogen-bond donors (Lipinski definition) is 1. The van der Waals surface area contributed by atoms with E-state index >= 15 is 0 Å². The van der Waals surface area contributed by atoms with Crippen molar-refractivity contribution in [1.82, 2.24) is 25.1 Å². The molecule has 0 aliphatic carbocycles. The molecule has 6 nitrogen and oxygen atoms in total. The van der Waals surface area contributed by atoms with Gasteiger partial charge in [-0.1, -0.05) is 0 Å². The molecule has 2 aromatic rings. The van der Waals surface area contributed by atoms with Gasteiger partial charge in [-0.25, -0.2) is 15.0 Å². The Balaban J connectivity index is 2.46. The molecule has 0 radical (unpaired) electrons. The third-order valence-corrected chi connectivity index (χ3v) is 1.63. The van der Waals surface area contributed by atoms with E-state index in [0.717, 1.165) is 11.0 Å². The summed E-state index contributed by atoms with van der Waals surface area (Å²) >= 11 is 0. The second-order valence-electron chi connectivity index (χ2n) is 3.04. The Morgan fingerprint density at radius 3 is 3.07 bits per heavy atom. The van der Waals surface area contributed by atoms with Crippen molar-refractivity contribution in [3.63, 3.8) is 0 Å². The molecular formula is C8H10N6. The first-order chi connectivity index (χ1) is 6.77. The molecule has 14 heavy (non-hydrogen) atoms. The van der Waals surface area contributed by atoms with E-state index in [1.807, 2.05) is 19.0 Å². The van der Waals surface area contributed by atoms with Gasteiger partial charge in [0.1, 0.15) is 17.4 Å². The fourth-order valence-electron chi connectivity index (χ4n) is 1.02. The first kappa shape index (κ1) is 8.61. The summed E-state index contributed by atoms with van der Waals surface area (Å²) in [6, 6.07) is 0. The molecule has 0 fully saturated rings. The van der Waals surface area contributed by atoms with E-state index in [0.29, 0.717) is 5.82 Å². The highest BCUT2D eigenvalue weighted by atomic mass is 15.2. The second kappa shape index (κ2) is 3.41. The van der Waals surface area contributed by atoms with Gasteiger partial charge in [-0.2, -0.15) is 5.10 Å². The minimum absolute atomic E-state index is 0.598. The van der Waals surface area contributed by atoms with Gasteiger partial charge in [0.25, 0.3) is 0 Å². The molecule has 0 aliphatic heterocycles. The van der Waals surface area contributed by atoms with E-state index in [-0.39, 0.29) is 0 Å². The predicted octanol–water partition coefficient (Wildman–Crippen LogP) is 0.574. The van der Waals surface area contributed by atoms with Crippen LogP contribution in [0.15, 0.2) is 17.5 Å². The Bertz CT molecular complexity index is 458. The fourth-order valence-corrected chi connectivity index (χ4v) is 1.02. The average Bonchev–Trinajstić information content (AvgIpc) is 2.62. The summed E-state index contributed by atoms with van der Waals surface area (Å²) in [4.78, 5) is 14.1. The van der Waals surface area contributed by atoms with Crippen LogP contribution in [-0.4, -0.2) is 45.5 Å². The lowest BCUT2D eigenvalue weighted by Gasteiger charge is -2.01. The highest BCUT2D eigenvalue weighted by Crippen LogP contribution is 2.17. The molecule has 0 unspecified atom stereocenters. The summed E-state index contributed by atoms with van der Waals surface area (Å²) in [6.45, 7) is 0. The highest BCUT2D eigenvalue weighted by molar-refractivity contribution is 5.84. The van der Waals surface area contributed by atoms with Crippen molar-refractivity contribution in [3.05, 3.63) is 12.5 Å². The summed E-state index contributed by atoms with van der Waals surface area (Å²) in [5.41, 5.74) is 1.52. The van der Waals surface area contributed by atoms with Gasteiger partial charge in [0, 0.05) is 14.1 Å². The molecule has 6 heteroatoms. The zero-order valence-electron chi connectivity index (χ0n) is 7.97. The lowest BCUT2D eigenvalue weighted by atomic mass is 10.4. The Kier molecular flexibility index (Phi) is 2.10. The van der Waals surface area contributed by atoms with E-state index in [4.69, 9.17) is 0 Å². The summed E-state index contributed by atoms with van der Waals surface area (Å²) < 4.78 is 0. The van der Waals surface area contributed by atoms with Crippen LogP contribution in [-0.2, 0) is 0 Å². The maximum absolute atomic E-state index is 4.18. The summed E-state index contributed by atoms with van der Waals surface area (Å²) in [5, 5.41) is 6.68. The molecule has 72 valence electrons. The first-order valence-corrected chi connectivity index (χ1v) is 4.12. The lowest BCUT2D eigenvalue weighted by Crippen LogP contribution is -2.07. The van der Waals surface area contributed by atoms with Crippen molar-refractivity contribution in [1.29, 1.82) is 0 Å². The third kappa shape index (κ3) is 1.54. The molecule has 0 saturated carbocycles. The summed E-state index contributed by atoms with van der Waals surface area (Å²) in [7, 11) is 3.80. The second-order valence-corrected chi connectivity index (χ2v) is 3.04. The molecule has 0 aromatic carbocycles. The Morgan fingerprint density at radius 1 is 1.43 bits per heavy atom. The van der Waals surface area contributed by atoms with Crippen LogP contribution in [0, 0.1) is 0 Å². The molecule has 0 saturated heterocycles. The average molecular weight is 190 g/mol. The standard InChI is InChI=1S/C8H10N6/c1-14(2)5-11-8-7-6(3-12-13-7)9-4-10-8/h3-5H,1-2H3,(H,12,13)/b11-5+. The van der Waals surface area contributed by atoms with Crippen molar-refractivity contribution in [3.8, 4) is 0 Å². The van der Waals surface area contributed by atoms with Crippen LogP contribution in [0.25, 0.3) is 11.0 Å². The topological polar surface area (TPSA) is 70.1 Å². The predicted molar refractivity (Wildman–Crippen MR) is 53.5 cm³/mol. The van der Waals surface area contributed by atoms with Gasteiger partial charge in [0.05, 0.1) is 12.5 Å². The van der Waals surface area contributed by atoms with Crippen LogP contribution < -0.4 is 0 Å². The van der Waals surface area contributed by atoms with Crippen LogP contribution in [0.1, 0.15) is 0 Å². The van der Waals surface area contributed by atoms with Crippen molar-refractivity contribution in [2.45, 2.75) is 0 Å². The van der Waals surface area contributed by atoms with Crippen LogP contribution in [0.5, 0.6) is 0 Å². The minimum atomic E-state index is 0.598.